The fourth-order valence-electron chi connectivity index (χ4n) is 5.53. The van der Waals surface area contributed by atoms with Crippen molar-refractivity contribution in [2.24, 2.45) is 0 Å². The third-order valence-corrected chi connectivity index (χ3v) is 7.48. The normalized spacial score (nSPS) is 19.0. The lowest BCUT2D eigenvalue weighted by Gasteiger charge is -2.30. The van der Waals surface area contributed by atoms with E-state index in [1.54, 1.807) is 0 Å². The van der Waals surface area contributed by atoms with E-state index in [4.69, 9.17) is 9.97 Å². The first-order valence-corrected chi connectivity index (χ1v) is 13.6. The number of fused-ring (bicyclic) bond motifs is 1. The number of benzene rings is 2. The van der Waals surface area contributed by atoms with E-state index >= 15 is 0 Å². The molecule has 0 aliphatic heterocycles. The molecule has 0 bridgehead atoms. The summed E-state index contributed by atoms with van der Waals surface area (Å²) in [5.74, 6) is 1.79. The Hall–Kier alpha value is -3.61. The van der Waals surface area contributed by atoms with Crippen molar-refractivity contribution in [3.05, 3.63) is 77.0 Å². The molecule has 1 heterocycles. The van der Waals surface area contributed by atoms with Gasteiger partial charge in [0, 0.05) is 37.4 Å². The predicted octanol–water partition coefficient (Wildman–Crippen LogP) is 5.56. The second-order valence-corrected chi connectivity index (χ2v) is 10.5. The fraction of sp³-hybridized carbons (Fsp3) is 0.433. The molecule has 0 atom stereocenters. The number of para-hydroxylation sites is 1. The van der Waals surface area contributed by atoms with Gasteiger partial charge in [-0.3, -0.25) is 0 Å². The van der Waals surface area contributed by atoms with Gasteiger partial charge in [-0.15, -0.1) is 0 Å². The highest BCUT2D eigenvalue weighted by Gasteiger charge is 2.25. The van der Waals surface area contributed by atoms with Crippen molar-refractivity contribution < 1.29 is 4.79 Å². The zero-order valence-corrected chi connectivity index (χ0v) is 22.0. The number of nitrogens with zero attached hydrogens (tertiary/aromatic N) is 3. The van der Waals surface area contributed by atoms with Crippen LogP contribution >= 0.6 is 0 Å². The lowest BCUT2D eigenvalue weighted by molar-refractivity contribution is 0.243. The van der Waals surface area contributed by atoms with Crippen LogP contribution < -0.4 is 20.9 Å². The minimum absolute atomic E-state index is 0.134. The van der Waals surface area contributed by atoms with Gasteiger partial charge in [0.05, 0.1) is 5.69 Å². The van der Waals surface area contributed by atoms with Gasteiger partial charge >= 0.3 is 6.03 Å². The van der Waals surface area contributed by atoms with Crippen LogP contribution in [-0.2, 0) is 19.3 Å². The molecule has 1 fully saturated rings. The van der Waals surface area contributed by atoms with Gasteiger partial charge in [-0.2, -0.15) is 4.98 Å². The number of hydrogen-bond donors (Lipinski definition) is 3. The Kier molecular flexibility index (Phi) is 7.87. The lowest BCUT2D eigenvalue weighted by atomic mass is 9.91. The number of carbonyl (C=O) groups excluding carboxylic acids is 1. The third kappa shape index (κ3) is 6.40. The molecule has 37 heavy (non-hydrogen) atoms. The average molecular weight is 499 g/mol. The first kappa shape index (κ1) is 25.1. The van der Waals surface area contributed by atoms with Crippen LogP contribution in [0.2, 0.25) is 0 Å². The summed E-state index contributed by atoms with van der Waals surface area (Å²) in [5.41, 5.74) is 5.71. The smallest absolute Gasteiger partial charge is 0.319 e. The van der Waals surface area contributed by atoms with E-state index in [0.717, 1.165) is 68.0 Å². The number of hydrogen-bond acceptors (Lipinski definition) is 5. The Morgan fingerprint density at radius 1 is 0.892 bits per heavy atom. The Morgan fingerprint density at radius 2 is 1.59 bits per heavy atom. The Morgan fingerprint density at radius 3 is 2.38 bits per heavy atom. The number of rotatable bonds is 7. The molecule has 1 saturated carbocycles. The molecule has 2 aliphatic rings. The summed E-state index contributed by atoms with van der Waals surface area (Å²) in [7, 11) is 4.12. The fourth-order valence-corrected chi connectivity index (χ4v) is 5.53. The first-order chi connectivity index (χ1) is 18.0. The summed E-state index contributed by atoms with van der Waals surface area (Å²) in [6, 6.07) is 18.7. The average Bonchev–Trinajstić information content (AvgIpc) is 2.91. The molecule has 2 amide bonds. The molecular formula is C30H38N6O. The molecule has 7 nitrogen and oxygen atoms in total. The van der Waals surface area contributed by atoms with E-state index in [-0.39, 0.29) is 12.1 Å². The van der Waals surface area contributed by atoms with Crippen molar-refractivity contribution in [2.75, 3.05) is 29.6 Å². The van der Waals surface area contributed by atoms with Gasteiger partial charge in [-0.05, 0) is 75.0 Å². The third-order valence-electron chi connectivity index (χ3n) is 7.48. The van der Waals surface area contributed by atoms with Crippen LogP contribution in [0.15, 0.2) is 54.6 Å². The van der Waals surface area contributed by atoms with Crippen LogP contribution in [0.5, 0.6) is 0 Å². The molecule has 5 rings (SSSR count). The van der Waals surface area contributed by atoms with Gasteiger partial charge in [0.2, 0.25) is 5.95 Å². The van der Waals surface area contributed by atoms with Crippen LogP contribution in [0, 0.1) is 0 Å². The Bertz CT molecular complexity index is 1200. The van der Waals surface area contributed by atoms with Crippen molar-refractivity contribution in [2.45, 2.75) is 69.9 Å². The van der Waals surface area contributed by atoms with E-state index in [1.165, 1.54) is 29.7 Å². The zero-order valence-electron chi connectivity index (χ0n) is 22.0. The molecule has 0 radical (unpaired) electrons. The van der Waals surface area contributed by atoms with Crippen molar-refractivity contribution in [3.8, 4) is 0 Å². The minimum atomic E-state index is -0.134. The molecule has 2 aliphatic carbocycles. The Balaban J connectivity index is 1.14. The largest absolute Gasteiger partial charge is 0.362 e. The van der Waals surface area contributed by atoms with E-state index in [0.29, 0.717) is 6.04 Å². The maximum absolute atomic E-state index is 12.8. The molecule has 0 spiro atoms. The molecule has 7 heteroatoms. The summed E-state index contributed by atoms with van der Waals surface area (Å²) in [6.07, 6.45) is 9.13. The summed E-state index contributed by atoms with van der Waals surface area (Å²) in [5, 5.41) is 9.87. The molecule has 1 aromatic heterocycles. The van der Waals surface area contributed by atoms with Gasteiger partial charge in [0.1, 0.15) is 5.82 Å². The van der Waals surface area contributed by atoms with Crippen LogP contribution in [-0.4, -0.2) is 42.2 Å². The summed E-state index contributed by atoms with van der Waals surface area (Å²) in [6.45, 7) is 0. The number of carbonyl (C=O) groups is 1. The van der Waals surface area contributed by atoms with Crippen molar-refractivity contribution in [1.29, 1.82) is 0 Å². The maximum atomic E-state index is 12.8. The first-order valence-electron chi connectivity index (χ1n) is 13.6. The number of amides is 2. The van der Waals surface area contributed by atoms with Crippen LogP contribution in [0.1, 0.15) is 60.9 Å². The van der Waals surface area contributed by atoms with Gasteiger partial charge in [0.15, 0.2) is 0 Å². The number of anilines is 3. The van der Waals surface area contributed by atoms with E-state index < -0.39 is 0 Å². The van der Waals surface area contributed by atoms with Gasteiger partial charge in [-0.25, -0.2) is 9.78 Å². The summed E-state index contributed by atoms with van der Waals surface area (Å²) in [4.78, 5) is 24.7. The number of aromatic nitrogens is 2. The minimum Gasteiger partial charge on any atom is -0.362 e. The lowest BCUT2D eigenvalue weighted by Crippen LogP contribution is -2.42. The van der Waals surface area contributed by atoms with E-state index in [9.17, 15) is 4.79 Å². The molecule has 0 unspecified atom stereocenters. The van der Waals surface area contributed by atoms with Crippen molar-refractivity contribution >= 4 is 23.5 Å². The molecule has 3 N–H and O–H groups in total. The summed E-state index contributed by atoms with van der Waals surface area (Å²) >= 11 is 0. The van der Waals surface area contributed by atoms with E-state index in [1.807, 2.05) is 36.4 Å². The molecule has 0 saturated heterocycles. The van der Waals surface area contributed by atoms with Crippen LogP contribution in [0.3, 0.4) is 0 Å². The molecular weight excluding hydrogens is 460 g/mol. The highest BCUT2D eigenvalue weighted by Crippen LogP contribution is 2.29. The van der Waals surface area contributed by atoms with Crippen molar-refractivity contribution in [1.82, 2.24) is 15.3 Å². The molecule has 194 valence electrons. The van der Waals surface area contributed by atoms with Gasteiger partial charge in [-0.1, -0.05) is 48.5 Å². The van der Waals surface area contributed by atoms with Crippen molar-refractivity contribution in [3.63, 3.8) is 0 Å². The summed E-state index contributed by atoms with van der Waals surface area (Å²) < 4.78 is 0. The number of nitrogens with one attached hydrogen (secondary N) is 3. The quantitative estimate of drug-likeness (QED) is 0.397. The van der Waals surface area contributed by atoms with Gasteiger partial charge in [0.25, 0.3) is 0 Å². The zero-order chi connectivity index (χ0) is 25.6. The monoisotopic (exact) mass is 498 g/mol. The second-order valence-electron chi connectivity index (χ2n) is 10.5. The van der Waals surface area contributed by atoms with Crippen LogP contribution in [0.4, 0.5) is 22.2 Å². The molecule has 3 aromatic rings. The highest BCUT2D eigenvalue weighted by atomic mass is 16.2. The number of urea groups is 1. The Labute approximate surface area is 220 Å². The molecule has 2 aromatic carbocycles. The SMILES string of the molecule is CN(C)c1nc(N[C@H]2CC[C@@H](NC(=O)Nc3ccccc3Cc3ccccc3)CC2)nc2c1CCCC2. The van der Waals surface area contributed by atoms with Gasteiger partial charge < -0.3 is 20.9 Å². The maximum Gasteiger partial charge on any atom is 0.319 e. The van der Waals surface area contributed by atoms with Crippen LogP contribution in [0.25, 0.3) is 0 Å². The standard InChI is InChI=1S/C30H38N6O/c1-36(2)28-25-13-7-9-15-27(25)33-29(35-28)31-23-16-18-24(19-17-23)32-30(37)34-26-14-8-6-12-22(26)20-21-10-4-3-5-11-21/h3-6,8,10-12,14,23-24H,7,9,13,15-20H2,1-2H3,(H,31,33,35)(H2,32,34,37)/t23-,24+. The predicted molar refractivity (Wildman–Crippen MR) is 151 cm³/mol. The van der Waals surface area contributed by atoms with E-state index in [2.05, 4.69) is 53.1 Å². The highest BCUT2D eigenvalue weighted by molar-refractivity contribution is 5.90. The number of aryl methyl sites for hydroxylation is 1. The second kappa shape index (κ2) is 11.6. The topological polar surface area (TPSA) is 82.2 Å².